The predicted molar refractivity (Wildman–Crippen MR) is 89.6 cm³/mol. The molecule has 1 amide bonds. The van der Waals surface area contributed by atoms with E-state index in [2.05, 4.69) is 50.4 Å². The largest absolute Gasteiger partial charge is 0.339 e. The Labute approximate surface area is 132 Å². The van der Waals surface area contributed by atoms with Crippen molar-refractivity contribution in [1.82, 2.24) is 10.2 Å². The summed E-state index contributed by atoms with van der Waals surface area (Å²) in [4.78, 5) is 15.4. The number of amides is 1. The first-order chi connectivity index (χ1) is 10.1. The Balaban J connectivity index is 1.84. The number of thioether (sulfide) groups is 1. The van der Waals surface area contributed by atoms with Crippen LogP contribution in [0.4, 0.5) is 0 Å². The molecule has 0 bridgehead atoms. The van der Waals surface area contributed by atoms with E-state index in [0.717, 1.165) is 13.1 Å². The van der Waals surface area contributed by atoms with Crippen molar-refractivity contribution in [2.75, 3.05) is 12.3 Å². The van der Waals surface area contributed by atoms with Crippen molar-refractivity contribution < 1.29 is 4.79 Å². The average Bonchev–Trinajstić information content (AvgIpc) is 3.29. The molecule has 0 unspecified atom stereocenters. The monoisotopic (exact) mass is 306 g/mol. The van der Waals surface area contributed by atoms with Crippen LogP contribution in [-0.4, -0.2) is 35.2 Å². The summed E-state index contributed by atoms with van der Waals surface area (Å²) in [5.74, 6) is 0.821. The van der Waals surface area contributed by atoms with Gasteiger partial charge in [-0.2, -0.15) is 0 Å². The lowest BCUT2D eigenvalue weighted by Crippen LogP contribution is -2.34. The van der Waals surface area contributed by atoms with Gasteiger partial charge in [-0.15, -0.1) is 11.8 Å². The van der Waals surface area contributed by atoms with Crippen LogP contribution in [0.3, 0.4) is 0 Å². The maximum atomic E-state index is 12.2. The number of carbonyl (C=O) groups is 1. The van der Waals surface area contributed by atoms with Crippen molar-refractivity contribution in [1.29, 1.82) is 0 Å². The minimum absolute atomic E-state index is 0.274. The first kappa shape index (κ1) is 16.4. The van der Waals surface area contributed by atoms with Crippen LogP contribution >= 0.6 is 11.8 Å². The molecule has 1 aliphatic carbocycles. The molecule has 0 aromatic heterocycles. The van der Waals surface area contributed by atoms with Gasteiger partial charge in [0.2, 0.25) is 5.91 Å². The lowest BCUT2D eigenvalue weighted by molar-refractivity contribution is -0.128. The highest BCUT2D eigenvalue weighted by molar-refractivity contribution is 8.00. The lowest BCUT2D eigenvalue weighted by atomic mass is 10.2. The van der Waals surface area contributed by atoms with E-state index >= 15 is 0 Å². The highest BCUT2D eigenvalue weighted by Crippen LogP contribution is 2.28. The first-order valence-electron chi connectivity index (χ1n) is 7.84. The Bertz CT molecular complexity index is 472. The van der Waals surface area contributed by atoms with Crippen molar-refractivity contribution >= 4 is 17.7 Å². The van der Waals surface area contributed by atoms with Gasteiger partial charge in [-0.25, -0.2) is 0 Å². The molecule has 21 heavy (non-hydrogen) atoms. The normalized spacial score (nSPS) is 14.5. The molecule has 0 saturated heterocycles. The summed E-state index contributed by atoms with van der Waals surface area (Å²) in [6.45, 7) is 8.08. The second kappa shape index (κ2) is 7.85. The van der Waals surface area contributed by atoms with Crippen LogP contribution < -0.4 is 5.32 Å². The van der Waals surface area contributed by atoms with Gasteiger partial charge in [0.15, 0.2) is 0 Å². The third-order valence-electron chi connectivity index (χ3n) is 3.62. The first-order valence-corrected chi connectivity index (χ1v) is 8.83. The molecule has 0 radical (unpaired) electrons. The van der Waals surface area contributed by atoms with E-state index in [1.807, 2.05) is 4.90 Å². The zero-order valence-corrected chi connectivity index (χ0v) is 14.1. The third-order valence-corrected chi connectivity index (χ3v) is 4.60. The SMILES string of the molecule is CCN(C(=O)CSc1cccc(CNC(C)C)c1)C1CC1. The quantitative estimate of drug-likeness (QED) is 0.748. The molecule has 2 rings (SSSR count). The zero-order chi connectivity index (χ0) is 15.2. The van der Waals surface area contributed by atoms with Crippen LogP contribution in [0.15, 0.2) is 29.2 Å². The van der Waals surface area contributed by atoms with E-state index < -0.39 is 0 Å². The minimum atomic E-state index is 0.274. The zero-order valence-electron chi connectivity index (χ0n) is 13.3. The lowest BCUT2D eigenvalue weighted by Gasteiger charge is -2.20. The topological polar surface area (TPSA) is 32.3 Å². The van der Waals surface area contributed by atoms with Crippen molar-refractivity contribution in [3.05, 3.63) is 29.8 Å². The summed E-state index contributed by atoms with van der Waals surface area (Å²) in [5, 5.41) is 3.42. The van der Waals surface area contributed by atoms with E-state index in [4.69, 9.17) is 0 Å². The molecule has 1 N–H and O–H groups in total. The second-order valence-electron chi connectivity index (χ2n) is 5.88. The average molecular weight is 306 g/mol. The molecule has 4 heteroatoms. The summed E-state index contributed by atoms with van der Waals surface area (Å²) < 4.78 is 0. The fourth-order valence-corrected chi connectivity index (χ4v) is 3.19. The van der Waals surface area contributed by atoms with Gasteiger partial charge in [0.1, 0.15) is 0 Å². The molecule has 1 aliphatic rings. The fraction of sp³-hybridized carbons (Fsp3) is 0.588. The maximum absolute atomic E-state index is 12.2. The molecule has 3 nitrogen and oxygen atoms in total. The molecule has 0 heterocycles. The van der Waals surface area contributed by atoms with Gasteiger partial charge in [-0.05, 0) is 37.5 Å². The summed E-state index contributed by atoms with van der Waals surface area (Å²) in [5.41, 5.74) is 1.27. The number of hydrogen-bond donors (Lipinski definition) is 1. The number of carbonyl (C=O) groups excluding carboxylic acids is 1. The highest BCUT2D eigenvalue weighted by atomic mass is 32.2. The smallest absolute Gasteiger partial charge is 0.233 e. The molecule has 0 atom stereocenters. The molecule has 1 aromatic carbocycles. The van der Waals surface area contributed by atoms with Crippen LogP contribution in [0.2, 0.25) is 0 Å². The molecule has 0 spiro atoms. The van der Waals surface area contributed by atoms with Crippen molar-refractivity contribution in [2.45, 2.75) is 57.1 Å². The molecule has 1 fully saturated rings. The van der Waals surface area contributed by atoms with Gasteiger partial charge >= 0.3 is 0 Å². The Morgan fingerprint density at radius 3 is 2.81 bits per heavy atom. The van der Waals surface area contributed by atoms with Crippen LogP contribution in [0, 0.1) is 0 Å². The van der Waals surface area contributed by atoms with Gasteiger partial charge < -0.3 is 10.2 Å². The number of nitrogens with zero attached hydrogens (tertiary/aromatic N) is 1. The summed E-state index contributed by atoms with van der Waals surface area (Å²) >= 11 is 1.65. The van der Waals surface area contributed by atoms with Crippen LogP contribution in [0.1, 0.15) is 39.2 Å². The standard InChI is InChI=1S/C17H26N2OS/c1-4-19(15-8-9-15)17(20)12-21-16-7-5-6-14(10-16)11-18-13(2)3/h5-7,10,13,15,18H,4,8-9,11-12H2,1-3H3. The van der Waals surface area contributed by atoms with Crippen LogP contribution in [0.25, 0.3) is 0 Å². The summed E-state index contributed by atoms with van der Waals surface area (Å²) in [7, 11) is 0. The van der Waals surface area contributed by atoms with E-state index in [1.54, 1.807) is 11.8 Å². The number of nitrogens with one attached hydrogen (secondary N) is 1. The molecular weight excluding hydrogens is 280 g/mol. The Morgan fingerprint density at radius 2 is 2.19 bits per heavy atom. The summed E-state index contributed by atoms with van der Waals surface area (Å²) in [6.07, 6.45) is 2.36. The summed E-state index contributed by atoms with van der Waals surface area (Å²) in [6, 6.07) is 9.47. The molecule has 1 saturated carbocycles. The van der Waals surface area contributed by atoms with Crippen LogP contribution in [0.5, 0.6) is 0 Å². The maximum Gasteiger partial charge on any atom is 0.233 e. The van der Waals surface area contributed by atoms with Crippen molar-refractivity contribution in [2.24, 2.45) is 0 Å². The predicted octanol–water partition coefficient (Wildman–Crippen LogP) is 3.29. The molecule has 116 valence electrons. The Hall–Kier alpha value is -1.00. The van der Waals surface area contributed by atoms with E-state index in [-0.39, 0.29) is 5.91 Å². The van der Waals surface area contributed by atoms with Gasteiger partial charge in [0.25, 0.3) is 0 Å². The van der Waals surface area contributed by atoms with Crippen LogP contribution in [-0.2, 0) is 11.3 Å². The van der Waals surface area contributed by atoms with Crippen molar-refractivity contribution in [3.8, 4) is 0 Å². The van der Waals surface area contributed by atoms with Crippen molar-refractivity contribution in [3.63, 3.8) is 0 Å². The number of benzene rings is 1. The van der Waals surface area contributed by atoms with Gasteiger partial charge in [0, 0.05) is 30.1 Å². The minimum Gasteiger partial charge on any atom is -0.339 e. The second-order valence-corrected chi connectivity index (χ2v) is 6.93. The number of hydrogen-bond acceptors (Lipinski definition) is 3. The Morgan fingerprint density at radius 1 is 1.43 bits per heavy atom. The van der Waals surface area contributed by atoms with Gasteiger partial charge in [-0.3, -0.25) is 4.79 Å². The molecule has 1 aromatic rings. The number of rotatable bonds is 8. The highest BCUT2D eigenvalue weighted by Gasteiger charge is 2.30. The molecular formula is C17H26N2OS. The van der Waals surface area contributed by atoms with E-state index in [9.17, 15) is 4.79 Å². The van der Waals surface area contributed by atoms with E-state index in [1.165, 1.54) is 23.3 Å². The van der Waals surface area contributed by atoms with Gasteiger partial charge in [0.05, 0.1) is 5.75 Å². The van der Waals surface area contributed by atoms with E-state index in [0.29, 0.717) is 17.8 Å². The molecule has 0 aliphatic heterocycles. The Kier molecular flexibility index (Phi) is 6.12. The third kappa shape index (κ3) is 5.36. The fourth-order valence-electron chi connectivity index (χ4n) is 2.32. The van der Waals surface area contributed by atoms with Gasteiger partial charge in [-0.1, -0.05) is 26.0 Å².